The fraction of sp³-hybridized carbons (Fsp3) is 0.250. The second kappa shape index (κ2) is 12.3. The fourth-order valence-electron chi connectivity index (χ4n) is 4.33. The van der Waals surface area contributed by atoms with Gasteiger partial charge in [0.1, 0.15) is 5.75 Å². The number of rotatable bonds is 6. The van der Waals surface area contributed by atoms with Crippen LogP contribution in [-0.2, 0) is 4.79 Å². The Morgan fingerprint density at radius 1 is 0.974 bits per heavy atom. The quantitative estimate of drug-likeness (QED) is 0.371. The van der Waals surface area contributed by atoms with Crippen LogP contribution in [0.1, 0.15) is 44.2 Å². The number of aryl methyl sites for hydroxylation is 1. The van der Waals surface area contributed by atoms with Crippen molar-refractivity contribution in [3.8, 4) is 5.75 Å². The van der Waals surface area contributed by atoms with E-state index in [-0.39, 0.29) is 11.3 Å². The molecule has 0 bridgehead atoms. The van der Waals surface area contributed by atoms with Gasteiger partial charge in [-0.2, -0.15) is 13.2 Å². The highest BCUT2D eigenvalue weighted by Crippen LogP contribution is 2.34. The molecule has 1 fully saturated rings. The molecule has 8 nitrogen and oxygen atoms in total. The first-order chi connectivity index (χ1) is 18.4. The van der Waals surface area contributed by atoms with E-state index in [0.717, 1.165) is 25.2 Å². The van der Waals surface area contributed by atoms with Crippen LogP contribution in [0.4, 0.5) is 24.5 Å². The highest BCUT2D eigenvalue weighted by Gasteiger charge is 2.38. The normalized spacial score (nSPS) is 14.7. The Morgan fingerprint density at radius 3 is 2.23 bits per heavy atom. The maximum absolute atomic E-state index is 12.7. The molecule has 0 radical (unpaired) electrons. The van der Waals surface area contributed by atoms with Crippen LogP contribution in [-0.4, -0.2) is 54.4 Å². The summed E-state index contributed by atoms with van der Waals surface area (Å²) in [6.07, 6.45) is -4.07. The monoisotopic (exact) mass is 544 g/mol. The number of hydrogen-bond acceptors (Lipinski definition) is 5. The summed E-state index contributed by atoms with van der Waals surface area (Å²) in [5.41, 5.74) is 4.12. The lowest BCUT2D eigenvalue weighted by Crippen LogP contribution is -2.21. The average molecular weight is 545 g/mol. The summed E-state index contributed by atoms with van der Waals surface area (Å²) in [5.74, 6) is -3.42. The SMILES string of the molecule is COc1ccccc1C(=O)Nc1ccc(N2CCC(c3ccccc3C)C2)cc1C(=O)O.O=C(O)C(F)(F)F. The smallest absolute Gasteiger partial charge is 0.490 e. The van der Waals surface area contributed by atoms with Crippen LogP contribution in [0.15, 0.2) is 66.7 Å². The molecule has 1 atom stereocenters. The molecule has 0 aromatic heterocycles. The Hall–Kier alpha value is -4.54. The van der Waals surface area contributed by atoms with Crippen LogP contribution in [0, 0.1) is 6.92 Å². The summed E-state index contributed by atoms with van der Waals surface area (Å²) in [6, 6.07) is 20.4. The topological polar surface area (TPSA) is 116 Å². The number of nitrogens with zero attached hydrogens (tertiary/aromatic N) is 1. The molecule has 4 rings (SSSR count). The van der Waals surface area contributed by atoms with E-state index in [2.05, 4.69) is 35.3 Å². The van der Waals surface area contributed by atoms with Crippen molar-refractivity contribution < 1.29 is 42.5 Å². The van der Waals surface area contributed by atoms with Crippen molar-refractivity contribution in [2.45, 2.75) is 25.4 Å². The van der Waals surface area contributed by atoms with E-state index in [1.54, 1.807) is 36.4 Å². The predicted molar refractivity (Wildman–Crippen MR) is 139 cm³/mol. The third-order valence-corrected chi connectivity index (χ3v) is 6.26. The van der Waals surface area contributed by atoms with E-state index in [4.69, 9.17) is 14.6 Å². The number of aliphatic carboxylic acids is 1. The van der Waals surface area contributed by atoms with Gasteiger partial charge in [0, 0.05) is 24.7 Å². The van der Waals surface area contributed by atoms with E-state index in [1.807, 2.05) is 12.1 Å². The lowest BCUT2D eigenvalue weighted by Gasteiger charge is -2.21. The van der Waals surface area contributed by atoms with Gasteiger partial charge in [-0.15, -0.1) is 0 Å². The number of para-hydroxylation sites is 1. The number of carbonyl (C=O) groups excluding carboxylic acids is 1. The number of alkyl halides is 3. The van der Waals surface area contributed by atoms with E-state index >= 15 is 0 Å². The van der Waals surface area contributed by atoms with Gasteiger partial charge in [-0.05, 0) is 54.8 Å². The number of anilines is 2. The molecule has 3 aromatic rings. The molecule has 1 aliphatic heterocycles. The molecule has 11 heteroatoms. The number of ether oxygens (including phenoxy) is 1. The van der Waals surface area contributed by atoms with Crippen molar-refractivity contribution in [2.24, 2.45) is 0 Å². The minimum Gasteiger partial charge on any atom is -0.496 e. The zero-order valence-electron chi connectivity index (χ0n) is 21.2. The first-order valence-corrected chi connectivity index (χ1v) is 11.8. The predicted octanol–water partition coefficient (Wildman–Crippen LogP) is 5.58. The summed E-state index contributed by atoms with van der Waals surface area (Å²) in [4.78, 5) is 35.8. The molecule has 3 aromatic carbocycles. The molecule has 1 unspecified atom stereocenters. The number of aromatic carboxylic acids is 1. The summed E-state index contributed by atoms with van der Waals surface area (Å²) < 4.78 is 37.0. The summed E-state index contributed by atoms with van der Waals surface area (Å²) in [5, 5.41) is 19.6. The maximum atomic E-state index is 12.7. The number of amides is 1. The molecule has 3 N–H and O–H groups in total. The van der Waals surface area contributed by atoms with Crippen LogP contribution in [0.2, 0.25) is 0 Å². The summed E-state index contributed by atoms with van der Waals surface area (Å²) in [7, 11) is 1.49. The van der Waals surface area contributed by atoms with Crippen molar-refractivity contribution in [1.82, 2.24) is 0 Å². The number of benzene rings is 3. The van der Waals surface area contributed by atoms with Gasteiger partial charge < -0.3 is 25.2 Å². The highest BCUT2D eigenvalue weighted by atomic mass is 19.4. The van der Waals surface area contributed by atoms with E-state index in [9.17, 15) is 27.9 Å². The molecule has 206 valence electrons. The van der Waals surface area contributed by atoms with E-state index < -0.39 is 24.0 Å². The first kappa shape index (κ1) is 29.0. The number of carboxylic acid groups (broad SMARTS) is 2. The first-order valence-electron chi connectivity index (χ1n) is 11.8. The summed E-state index contributed by atoms with van der Waals surface area (Å²) in [6.45, 7) is 3.81. The lowest BCUT2D eigenvalue weighted by molar-refractivity contribution is -0.192. The van der Waals surface area contributed by atoms with Crippen LogP contribution < -0.4 is 15.0 Å². The van der Waals surface area contributed by atoms with Gasteiger partial charge in [0.05, 0.1) is 23.9 Å². The number of hydrogen-bond donors (Lipinski definition) is 3. The van der Waals surface area contributed by atoms with Crippen LogP contribution in [0.5, 0.6) is 5.75 Å². The molecule has 1 saturated heterocycles. The minimum absolute atomic E-state index is 0.0603. The molecule has 0 aliphatic carbocycles. The standard InChI is InChI=1S/C26H26N2O4.C2HF3O2/c1-17-7-3-4-8-20(17)18-13-14-28(16-18)19-11-12-23(22(15-19)26(30)31)27-25(29)21-9-5-6-10-24(21)32-2;3-2(4,5)1(6)7/h3-12,15,18H,13-14,16H2,1-2H3,(H,27,29)(H,30,31);(H,6,7). The van der Waals surface area contributed by atoms with Gasteiger partial charge in [0.25, 0.3) is 5.91 Å². The summed E-state index contributed by atoms with van der Waals surface area (Å²) >= 11 is 0. The van der Waals surface area contributed by atoms with Crippen molar-refractivity contribution in [2.75, 3.05) is 30.4 Å². The molecule has 0 saturated carbocycles. The molecular weight excluding hydrogens is 517 g/mol. The second-order valence-electron chi connectivity index (χ2n) is 8.78. The minimum atomic E-state index is -5.08. The van der Waals surface area contributed by atoms with Gasteiger partial charge in [-0.3, -0.25) is 4.79 Å². The second-order valence-corrected chi connectivity index (χ2v) is 8.78. The molecule has 1 aliphatic rings. The molecule has 1 heterocycles. The number of carbonyl (C=O) groups is 3. The number of methoxy groups -OCH3 is 1. The van der Waals surface area contributed by atoms with Gasteiger partial charge in [-0.1, -0.05) is 36.4 Å². The Morgan fingerprint density at radius 2 is 1.62 bits per heavy atom. The van der Waals surface area contributed by atoms with Crippen LogP contribution >= 0.6 is 0 Å². The molecule has 0 spiro atoms. The van der Waals surface area contributed by atoms with Crippen LogP contribution in [0.3, 0.4) is 0 Å². The van der Waals surface area contributed by atoms with E-state index in [0.29, 0.717) is 17.2 Å². The van der Waals surface area contributed by atoms with Crippen molar-refractivity contribution in [3.63, 3.8) is 0 Å². The molecule has 39 heavy (non-hydrogen) atoms. The van der Waals surface area contributed by atoms with Crippen molar-refractivity contribution in [3.05, 3.63) is 89.0 Å². The molecular formula is C28H27F3N2O6. The third-order valence-electron chi connectivity index (χ3n) is 6.26. The maximum Gasteiger partial charge on any atom is 0.490 e. The number of halogens is 3. The third kappa shape index (κ3) is 7.28. The Labute approximate surface area is 222 Å². The Kier molecular flexibility index (Phi) is 9.18. The van der Waals surface area contributed by atoms with Crippen molar-refractivity contribution >= 4 is 29.2 Å². The van der Waals surface area contributed by atoms with Crippen molar-refractivity contribution in [1.29, 1.82) is 0 Å². The highest BCUT2D eigenvalue weighted by molar-refractivity contribution is 6.09. The fourth-order valence-corrected chi connectivity index (χ4v) is 4.33. The number of nitrogens with one attached hydrogen (secondary N) is 1. The molecule has 1 amide bonds. The van der Waals surface area contributed by atoms with Gasteiger partial charge >= 0.3 is 18.1 Å². The van der Waals surface area contributed by atoms with E-state index in [1.165, 1.54) is 18.2 Å². The van der Waals surface area contributed by atoms with Gasteiger partial charge in [-0.25, -0.2) is 9.59 Å². The Bertz CT molecular complexity index is 1360. The number of carboxylic acids is 2. The Balaban J connectivity index is 0.000000532. The lowest BCUT2D eigenvalue weighted by atomic mass is 9.94. The zero-order valence-corrected chi connectivity index (χ0v) is 21.2. The zero-order chi connectivity index (χ0) is 28.7. The largest absolute Gasteiger partial charge is 0.496 e. The van der Waals surface area contributed by atoms with Gasteiger partial charge in [0.2, 0.25) is 0 Å². The average Bonchev–Trinajstić information content (AvgIpc) is 3.39. The van der Waals surface area contributed by atoms with Crippen LogP contribution in [0.25, 0.3) is 0 Å². The van der Waals surface area contributed by atoms with Gasteiger partial charge in [0.15, 0.2) is 0 Å².